The van der Waals surface area contributed by atoms with Gasteiger partial charge in [-0.3, -0.25) is 0 Å². The average Bonchev–Trinajstić information content (AvgIpc) is 3.56. The Labute approximate surface area is 213 Å². The zero-order chi connectivity index (χ0) is 24.8. The third kappa shape index (κ3) is 2.76. The molecule has 7 rings (SSSR count). The van der Waals surface area contributed by atoms with Crippen molar-refractivity contribution in [1.29, 1.82) is 0 Å². The van der Waals surface area contributed by atoms with Gasteiger partial charge in [-0.05, 0) is 72.1 Å². The van der Waals surface area contributed by atoms with Gasteiger partial charge in [-0.2, -0.15) is 0 Å². The Hall–Kier alpha value is -3.39. The zero-order valence-electron chi connectivity index (χ0n) is 22.0. The molecule has 2 aliphatic carbocycles. The van der Waals surface area contributed by atoms with E-state index in [2.05, 4.69) is 100 Å². The highest BCUT2D eigenvalue weighted by atomic mass is 16.3. The van der Waals surface area contributed by atoms with Crippen molar-refractivity contribution < 1.29 is 8.98 Å². The lowest BCUT2D eigenvalue weighted by Crippen LogP contribution is -2.32. The fourth-order valence-corrected chi connectivity index (χ4v) is 7.46. The van der Waals surface area contributed by atoms with E-state index >= 15 is 0 Å². The van der Waals surface area contributed by atoms with Gasteiger partial charge in [0.25, 0.3) is 0 Å². The quantitative estimate of drug-likeness (QED) is 0.235. The summed E-state index contributed by atoms with van der Waals surface area (Å²) in [5.74, 6) is 0.500. The molecule has 2 aliphatic rings. The maximum Gasteiger partial charge on any atom is 0.216 e. The highest BCUT2D eigenvalue weighted by Crippen LogP contribution is 2.59. The molecule has 0 bridgehead atoms. The minimum Gasteiger partial charge on any atom is -0.455 e. The van der Waals surface area contributed by atoms with Crippen molar-refractivity contribution >= 4 is 21.9 Å². The lowest BCUT2D eigenvalue weighted by Gasteiger charge is -2.27. The molecule has 3 aromatic carbocycles. The van der Waals surface area contributed by atoms with E-state index in [-0.39, 0.29) is 5.41 Å². The van der Waals surface area contributed by atoms with Crippen LogP contribution in [-0.2, 0) is 12.5 Å². The topological polar surface area (TPSA) is 17.0 Å². The van der Waals surface area contributed by atoms with Crippen LogP contribution in [0, 0.1) is 13.8 Å². The largest absolute Gasteiger partial charge is 0.455 e. The minimum atomic E-state index is 0.119. The fraction of sp³-hybridized carbons (Fsp3) is 0.324. The second kappa shape index (κ2) is 7.56. The third-order valence-corrected chi connectivity index (χ3v) is 9.08. The van der Waals surface area contributed by atoms with Gasteiger partial charge in [-0.1, -0.05) is 69.2 Å². The van der Waals surface area contributed by atoms with Crippen molar-refractivity contribution in [2.45, 2.75) is 64.7 Å². The smallest absolute Gasteiger partial charge is 0.216 e. The Bertz CT molecular complexity index is 1690. The first-order valence-electron chi connectivity index (χ1n) is 13.5. The summed E-state index contributed by atoms with van der Waals surface area (Å²) in [6.45, 7) is 8.99. The molecule has 2 aromatic heterocycles. The van der Waals surface area contributed by atoms with E-state index in [1.807, 2.05) is 0 Å². The van der Waals surface area contributed by atoms with Crippen molar-refractivity contribution in [3.05, 3.63) is 88.6 Å². The average molecular weight is 473 g/mol. The van der Waals surface area contributed by atoms with Gasteiger partial charge in [0.15, 0.2) is 6.20 Å². The standard InChI is InChI=1S/C34H34NO/c1-20(2)26-19-35(5)28(18-22(26)4)30-21(3)12-13-25-31-29(36-33(25)30)15-14-24-23-10-6-7-11-27(23)34(32(24)31)16-8-9-17-34/h6-7,10-15,18-20H,8-9,16-17H2,1-5H3/q+1. The summed E-state index contributed by atoms with van der Waals surface area (Å²) in [6.07, 6.45) is 7.35. The summed E-state index contributed by atoms with van der Waals surface area (Å²) < 4.78 is 9.09. The number of aromatic nitrogens is 1. The lowest BCUT2D eigenvalue weighted by molar-refractivity contribution is -0.660. The number of benzene rings is 3. The SMILES string of the molecule is Cc1cc(-c2c(C)ccc3c2oc2ccc4c(c23)C2(CCCC2)c2ccccc2-4)[n+](C)cc1C(C)C. The Kier molecular flexibility index (Phi) is 4.59. The first-order chi connectivity index (χ1) is 17.4. The molecular formula is C34H34NO+. The van der Waals surface area contributed by atoms with Crippen LogP contribution in [0.25, 0.3) is 44.3 Å². The predicted molar refractivity (Wildman–Crippen MR) is 149 cm³/mol. The summed E-state index contributed by atoms with van der Waals surface area (Å²) in [5, 5.41) is 2.59. The molecular weight excluding hydrogens is 438 g/mol. The Morgan fingerprint density at radius 1 is 0.889 bits per heavy atom. The molecule has 1 fully saturated rings. The van der Waals surface area contributed by atoms with Crippen LogP contribution in [-0.4, -0.2) is 0 Å². The maximum atomic E-state index is 6.80. The van der Waals surface area contributed by atoms with Crippen molar-refractivity contribution in [3.8, 4) is 22.4 Å². The number of rotatable bonds is 2. The molecule has 2 nitrogen and oxygen atoms in total. The highest BCUT2D eigenvalue weighted by Gasteiger charge is 2.46. The summed E-state index contributed by atoms with van der Waals surface area (Å²) in [6, 6.07) is 20.6. The Morgan fingerprint density at radius 3 is 2.44 bits per heavy atom. The van der Waals surface area contributed by atoms with Crippen molar-refractivity contribution in [3.63, 3.8) is 0 Å². The first-order valence-corrected chi connectivity index (χ1v) is 13.5. The van der Waals surface area contributed by atoms with Crippen LogP contribution >= 0.6 is 0 Å². The molecule has 5 aromatic rings. The summed E-state index contributed by atoms with van der Waals surface area (Å²) in [7, 11) is 2.17. The molecule has 1 spiro atoms. The van der Waals surface area contributed by atoms with Crippen LogP contribution in [0.1, 0.15) is 73.3 Å². The molecule has 180 valence electrons. The molecule has 2 heterocycles. The van der Waals surface area contributed by atoms with Gasteiger partial charge in [-0.15, -0.1) is 0 Å². The summed E-state index contributed by atoms with van der Waals surface area (Å²) >= 11 is 0. The summed E-state index contributed by atoms with van der Waals surface area (Å²) in [4.78, 5) is 0. The fourth-order valence-electron chi connectivity index (χ4n) is 7.46. The van der Waals surface area contributed by atoms with Crippen molar-refractivity contribution in [1.82, 2.24) is 0 Å². The molecule has 0 radical (unpaired) electrons. The number of fused-ring (bicyclic) bond motifs is 9. The predicted octanol–water partition coefficient (Wildman–Crippen LogP) is 8.66. The van der Waals surface area contributed by atoms with Crippen LogP contribution in [0.15, 0.2) is 65.2 Å². The second-order valence-electron chi connectivity index (χ2n) is 11.5. The minimum absolute atomic E-state index is 0.119. The van der Waals surface area contributed by atoms with E-state index in [1.54, 1.807) is 0 Å². The van der Waals surface area contributed by atoms with Gasteiger partial charge >= 0.3 is 0 Å². The molecule has 0 aliphatic heterocycles. The molecule has 2 heteroatoms. The number of furan rings is 1. The number of pyridine rings is 1. The van der Waals surface area contributed by atoms with Gasteiger partial charge in [0, 0.05) is 27.8 Å². The monoisotopic (exact) mass is 472 g/mol. The van der Waals surface area contributed by atoms with Gasteiger partial charge < -0.3 is 4.42 Å². The van der Waals surface area contributed by atoms with Crippen molar-refractivity contribution in [2.24, 2.45) is 7.05 Å². The highest BCUT2D eigenvalue weighted by molar-refractivity contribution is 6.14. The Balaban J connectivity index is 1.57. The van der Waals surface area contributed by atoms with Crippen molar-refractivity contribution in [2.75, 3.05) is 0 Å². The van der Waals surface area contributed by atoms with E-state index in [4.69, 9.17) is 4.42 Å². The van der Waals surface area contributed by atoms with Gasteiger partial charge in [0.05, 0.1) is 5.56 Å². The molecule has 0 N–H and O–H groups in total. The molecule has 0 amide bonds. The van der Waals surface area contributed by atoms with E-state index in [0.717, 1.165) is 11.2 Å². The van der Waals surface area contributed by atoms with E-state index in [1.165, 1.54) is 86.7 Å². The number of hydrogen-bond donors (Lipinski definition) is 0. The molecule has 0 unspecified atom stereocenters. The molecule has 0 saturated heterocycles. The van der Waals surface area contributed by atoms with E-state index < -0.39 is 0 Å². The third-order valence-electron chi connectivity index (χ3n) is 9.08. The van der Waals surface area contributed by atoms with Crippen LogP contribution in [0.5, 0.6) is 0 Å². The first kappa shape index (κ1) is 21.9. The second-order valence-corrected chi connectivity index (χ2v) is 11.5. The van der Waals surface area contributed by atoms with Crippen LogP contribution in [0.2, 0.25) is 0 Å². The number of nitrogens with zero attached hydrogens (tertiary/aromatic N) is 1. The normalized spacial score (nSPS) is 15.9. The number of hydrogen-bond acceptors (Lipinski definition) is 1. The Morgan fingerprint density at radius 2 is 1.67 bits per heavy atom. The van der Waals surface area contributed by atoms with Gasteiger partial charge in [0.2, 0.25) is 5.69 Å². The maximum absolute atomic E-state index is 6.80. The van der Waals surface area contributed by atoms with Crippen LogP contribution in [0.3, 0.4) is 0 Å². The summed E-state index contributed by atoms with van der Waals surface area (Å²) in [5.41, 5.74) is 14.5. The van der Waals surface area contributed by atoms with E-state index in [0.29, 0.717) is 5.92 Å². The lowest BCUT2D eigenvalue weighted by atomic mass is 9.75. The van der Waals surface area contributed by atoms with Crippen LogP contribution in [0.4, 0.5) is 0 Å². The van der Waals surface area contributed by atoms with E-state index in [9.17, 15) is 0 Å². The molecule has 1 saturated carbocycles. The number of aryl methyl sites for hydroxylation is 3. The zero-order valence-corrected chi connectivity index (χ0v) is 22.0. The molecule has 36 heavy (non-hydrogen) atoms. The van der Waals surface area contributed by atoms with Gasteiger partial charge in [0.1, 0.15) is 18.2 Å². The van der Waals surface area contributed by atoms with Gasteiger partial charge in [-0.25, -0.2) is 4.57 Å². The molecule has 0 atom stereocenters. The van der Waals surface area contributed by atoms with Crippen LogP contribution < -0.4 is 4.57 Å².